The lowest BCUT2D eigenvalue weighted by Gasteiger charge is -2.24. The first-order valence-corrected chi connectivity index (χ1v) is 10.8. The SMILES string of the molecule is CCN1CC2C(C1)C2CN(Cc1cccc(Cl)c1)C(=O)Oc1cn(C(C)C)cn1. The standard InChI is InChI=1S/C22H29ClN4O2/c1-4-25-10-18-19(11-25)20(18)12-26(9-16-6-5-7-17(23)8-16)22(28)29-21-13-27(14-24-21)15(2)3/h5-8,13-15,18-20H,4,9-12H2,1-3H3. The number of fused-ring (bicyclic) bond motifs is 1. The number of aromatic nitrogens is 2. The zero-order valence-corrected chi connectivity index (χ0v) is 18.0. The van der Waals surface area contributed by atoms with Crippen LogP contribution in [0.4, 0.5) is 4.79 Å². The quantitative estimate of drug-likeness (QED) is 0.674. The van der Waals surface area contributed by atoms with Gasteiger partial charge in [-0.25, -0.2) is 9.78 Å². The Balaban J connectivity index is 1.44. The Morgan fingerprint density at radius 1 is 1.34 bits per heavy atom. The predicted octanol–water partition coefficient (Wildman–Crippen LogP) is 4.32. The van der Waals surface area contributed by atoms with Crippen LogP contribution in [-0.2, 0) is 6.54 Å². The molecule has 1 aromatic heterocycles. The normalized spacial score (nSPS) is 23.3. The Hall–Kier alpha value is -2.05. The number of imidazole rings is 1. The van der Waals surface area contributed by atoms with Crippen molar-refractivity contribution < 1.29 is 9.53 Å². The van der Waals surface area contributed by atoms with Crippen molar-refractivity contribution in [1.29, 1.82) is 0 Å². The average Bonchev–Trinajstić information content (AvgIpc) is 3.07. The van der Waals surface area contributed by atoms with Gasteiger partial charge in [-0.3, -0.25) is 0 Å². The van der Waals surface area contributed by atoms with E-state index in [-0.39, 0.29) is 12.1 Å². The lowest BCUT2D eigenvalue weighted by molar-refractivity contribution is 0.141. The number of halogens is 1. The van der Waals surface area contributed by atoms with Crippen molar-refractivity contribution in [2.24, 2.45) is 17.8 Å². The highest BCUT2D eigenvalue weighted by Crippen LogP contribution is 2.52. The highest BCUT2D eigenvalue weighted by molar-refractivity contribution is 6.30. The van der Waals surface area contributed by atoms with E-state index in [0.717, 1.165) is 25.2 Å². The molecule has 156 valence electrons. The monoisotopic (exact) mass is 416 g/mol. The van der Waals surface area contributed by atoms with E-state index >= 15 is 0 Å². The molecular weight excluding hydrogens is 388 g/mol. The number of ether oxygens (including phenoxy) is 1. The van der Waals surface area contributed by atoms with E-state index in [1.807, 2.05) is 28.8 Å². The maximum atomic E-state index is 13.0. The van der Waals surface area contributed by atoms with Gasteiger partial charge < -0.3 is 19.1 Å². The first-order valence-electron chi connectivity index (χ1n) is 10.4. The van der Waals surface area contributed by atoms with Gasteiger partial charge in [-0.05, 0) is 55.8 Å². The zero-order chi connectivity index (χ0) is 20.5. The molecule has 2 aromatic rings. The molecule has 6 nitrogen and oxygen atoms in total. The Bertz CT molecular complexity index is 856. The topological polar surface area (TPSA) is 50.6 Å². The summed E-state index contributed by atoms with van der Waals surface area (Å²) in [5.41, 5.74) is 1.00. The third kappa shape index (κ3) is 4.59. The van der Waals surface area contributed by atoms with Crippen LogP contribution in [0.1, 0.15) is 32.4 Å². The first-order chi connectivity index (χ1) is 13.9. The number of amides is 1. The summed E-state index contributed by atoms with van der Waals surface area (Å²) in [6.07, 6.45) is 3.11. The number of hydrogen-bond acceptors (Lipinski definition) is 4. The second kappa shape index (κ2) is 8.36. The zero-order valence-electron chi connectivity index (χ0n) is 17.3. The molecule has 0 bridgehead atoms. The Morgan fingerprint density at radius 2 is 2.10 bits per heavy atom. The molecule has 0 spiro atoms. The summed E-state index contributed by atoms with van der Waals surface area (Å²) in [4.78, 5) is 21.5. The molecule has 1 aromatic carbocycles. The molecule has 0 N–H and O–H groups in total. The van der Waals surface area contributed by atoms with E-state index in [1.165, 1.54) is 0 Å². The van der Waals surface area contributed by atoms with Crippen molar-refractivity contribution in [2.75, 3.05) is 26.2 Å². The minimum absolute atomic E-state index is 0.268. The van der Waals surface area contributed by atoms with Gasteiger partial charge in [0.25, 0.3) is 0 Å². The van der Waals surface area contributed by atoms with Gasteiger partial charge in [0.2, 0.25) is 5.88 Å². The van der Waals surface area contributed by atoms with Crippen LogP contribution in [0.5, 0.6) is 5.88 Å². The Morgan fingerprint density at radius 3 is 2.72 bits per heavy atom. The van der Waals surface area contributed by atoms with E-state index in [2.05, 4.69) is 30.7 Å². The lowest BCUT2D eigenvalue weighted by Crippen LogP contribution is -2.36. The summed E-state index contributed by atoms with van der Waals surface area (Å²) in [5, 5.41) is 0.674. The van der Waals surface area contributed by atoms with Crippen LogP contribution in [0.25, 0.3) is 0 Å². The van der Waals surface area contributed by atoms with Gasteiger partial charge in [0.15, 0.2) is 0 Å². The second-order valence-corrected chi connectivity index (χ2v) is 8.91. The van der Waals surface area contributed by atoms with Gasteiger partial charge in [-0.1, -0.05) is 30.7 Å². The van der Waals surface area contributed by atoms with Gasteiger partial charge >= 0.3 is 6.09 Å². The molecule has 1 saturated carbocycles. The molecule has 4 rings (SSSR count). The first kappa shape index (κ1) is 20.2. The van der Waals surface area contributed by atoms with E-state index in [4.69, 9.17) is 16.3 Å². The van der Waals surface area contributed by atoms with Gasteiger partial charge in [-0.15, -0.1) is 0 Å². The van der Waals surface area contributed by atoms with Crippen molar-refractivity contribution in [3.63, 3.8) is 0 Å². The van der Waals surface area contributed by atoms with Crippen LogP contribution in [0, 0.1) is 17.8 Å². The predicted molar refractivity (Wildman–Crippen MR) is 113 cm³/mol. The molecule has 29 heavy (non-hydrogen) atoms. The number of carbonyl (C=O) groups excluding carboxylic acids is 1. The minimum atomic E-state index is -0.351. The summed E-state index contributed by atoms with van der Waals surface area (Å²) in [7, 11) is 0. The molecule has 2 atom stereocenters. The van der Waals surface area contributed by atoms with E-state index < -0.39 is 0 Å². The summed E-state index contributed by atoms with van der Waals surface area (Å²) in [5.74, 6) is 2.29. The maximum Gasteiger partial charge on any atom is 0.416 e. The smallest absolute Gasteiger partial charge is 0.389 e. The van der Waals surface area contributed by atoms with Gasteiger partial charge in [0, 0.05) is 37.2 Å². The molecule has 1 amide bonds. The third-order valence-corrected chi connectivity index (χ3v) is 6.45. The fourth-order valence-corrected chi connectivity index (χ4v) is 4.60. The summed E-state index contributed by atoms with van der Waals surface area (Å²) >= 11 is 6.15. The summed E-state index contributed by atoms with van der Waals surface area (Å²) in [6.45, 7) is 10.9. The molecule has 2 fully saturated rings. The number of hydrogen-bond donors (Lipinski definition) is 0. The molecule has 1 aliphatic carbocycles. The number of benzene rings is 1. The van der Waals surface area contributed by atoms with Crippen LogP contribution in [-0.4, -0.2) is 51.6 Å². The molecule has 0 radical (unpaired) electrons. The number of nitrogens with zero attached hydrogens (tertiary/aromatic N) is 4. The highest BCUT2D eigenvalue weighted by atomic mass is 35.5. The van der Waals surface area contributed by atoms with Crippen LogP contribution in [0.2, 0.25) is 5.02 Å². The van der Waals surface area contributed by atoms with Crippen LogP contribution in [0.3, 0.4) is 0 Å². The Labute approximate surface area is 177 Å². The number of rotatable bonds is 7. The fraction of sp³-hybridized carbons (Fsp3) is 0.545. The fourth-order valence-electron chi connectivity index (χ4n) is 4.39. The van der Waals surface area contributed by atoms with Crippen molar-refractivity contribution in [3.8, 4) is 5.88 Å². The molecule has 1 saturated heterocycles. The van der Waals surface area contributed by atoms with E-state index in [9.17, 15) is 4.79 Å². The Kier molecular flexibility index (Phi) is 5.83. The molecule has 1 aliphatic heterocycles. The van der Waals surface area contributed by atoms with Crippen LogP contribution in [0.15, 0.2) is 36.8 Å². The number of likely N-dealkylation sites (tertiary alicyclic amines) is 1. The number of piperidine rings is 1. The van der Waals surface area contributed by atoms with Gasteiger partial charge in [-0.2, -0.15) is 0 Å². The average molecular weight is 417 g/mol. The van der Waals surface area contributed by atoms with Crippen molar-refractivity contribution in [2.45, 2.75) is 33.4 Å². The summed E-state index contributed by atoms with van der Waals surface area (Å²) in [6, 6.07) is 7.92. The molecule has 7 heteroatoms. The largest absolute Gasteiger partial charge is 0.416 e. The molecule has 2 heterocycles. The third-order valence-electron chi connectivity index (χ3n) is 6.21. The molecular formula is C22H29ClN4O2. The van der Waals surface area contributed by atoms with Crippen LogP contribution >= 0.6 is 11.6 Å². The van der Waals surface area contributed by atoms with Crippen LogP contribution < -0.4 is 4.74 Å². The molecule has 2 unspecified atom stereocenters. The van der Waals surface area contributed by atoms with Gasteiger partial charge in [0.05, 0.1) is 12.5 Å². The molecule has 2 aliphatic rings. The van der Waals surface area contributed by atoms with Crippen molar-refractivity contribution >= 4 is 17.7 Å². The lowest BCUT2D eigenvalue weighted by atomic mass is 10.2. The maximum absolute atomic E-state index is 13.0. The minimum Gasteiger partial charge on any atom is -0.389 e. The second-order valence-electron chi connectivity index (χ2n) is 8.48. The van der Waals surface area contributed by atoms with E-state index in [1.54, 1.807) is 17.4 Å². The number of carbonyl (C=O) groups is 1. The van der Waals surface area contributed by atoms with Crippen molar-refractivity contribution in [1.82, 2.24) is 19.4 Å². The van der Waals surface area contributed by atoms with Gasteiger partial charge in [0.1, 0.15) is 0 Å². The van der Waals surface area contributed by atoms with E-state index in [0.29, 0.717) is 41.7 Å². The van der Waals surface area contributed by atoms with Crippen molar-refractivity contribution in [3.05, 3.63) is 47.4 Å². The summed E-state index contributed by atoms with van der Waals surface area (Å²) < 4.78 is 7.54. The highest BCUT2D eigenvalue weighted by Gasteiger charge is 2.55.